The van der Waals surface area contributed by atoms with Gasteiger partial charge in [-0.1, -0.05) is 12.1 Å². The van der Waals surface area contributed by atoms with Gasteiger partial charge in [-0.15, -0.1) is 0 Å². The molecule has 1 fully saturated rings. The van der Waals surface area contributed by atoms with E-state index in [0.717, 1.165) is 40.2 Å². The molecule has 8 nitrogen and oxygen atoms in total. The van der Waals surface area contributed by atoms with E-state index in [1.807, 2.05) is 26.4 Å². The van der Waals surface area contributed by atoms with E-state index in [1.165, 1.54) is 0 Å². The van der Waals surface area contributed by atoms with Gasteiger partial charge in [0.1, 0.15) is 17.7 Å². The van der Waals surface area contributed by atoms with Crippen molar-refractivity contribution in [1.82, 2.24) is 19.5 Å². The number of nitrogens with zero attached hydrogens (tertiary/aromatic N) is 5. The Morgan fingerprint density at radius 1 is 1.09 bits per heavy atom. The molecule has 1 aliphatic heterocycles. The van der Waals surface area contributed by atoms with E-state index < -0.39 is 5.91 Å². The SMILES string of the molecule is Cc1ncc(-c2ccc3cnc(N4CCOC(c5cc(C(N)=O)ccn5)C4)cc3c2)n1C. The van der Waals surface area contributed by atoms with E-state index in [0.29, 0.717) is 24.4 Å². The maximum Gasteiger partial charge on any atom is 0.248 e. The average Bonchev–Trinajstić information content (AvgIpc) is 3.16. The van der Waals surface area contributed by atoms with Gasteiger partial charge in [-0.05, 0) is 36.6 Å². The van der Waals surface area contributed by atoms with Crippen molar-refractivity contribution in [2.75, 3.05) is 24.6 Å². The number of amides is 1. The molecular formula is C24H24N6O2. The minimum absolute atomic E-state index is 0.260. The number of primary amides is 1. The van der Waals surface area contributed by atoms with Crippen molar-refractivity contribution in [3.8, 4) is 11.3 Å². The van der Waals surface area contributed by atoms with Crippen molar-refractivity contribution >= 4 is 22.5 Å². The zero-order chi connectivity index (χ0) is 22.2. The number of hydrogen-bond acceptors (Lipinski definition) is 6. The first-order chi connectivity index (χ1) is 15.5. The minimum Gasteiger partial charge on any atom is -0.368 e. The third-order valence-corrected chi connectivity index (χ3v) is 6.01. The van der Waals surface area contributed by atoms with Crippen LogP contribution < -0.4 is 10.6 Å². The number of rotatable bonds is 4. The smallest absolute Gasteiger partial charge is 0.248 e. The van der Waals surface area contributed by atoms with Crippen LogP contribution in [0.5, 0.6) is 0 Å². The maximum absolute atomic E-state index is 11.5. The summed E-state index contributed by atoms with van der Waals surface area (Å²) in [5, 5.41) is 2.19. The monoisotopic (exact) mass is 428 g/mol. The van der Waals surface area contributed by atoms with Crippen LogP contribution in [0.15, 0.2) is 55.0 Å². The summed E-state index contributed by atoms with van der Waals surface area (Å²) in [6, 6.07) is 11.8. The number of aryl methyl sites for hydroxylation is 1. The van der Waals surface area contributed by atoms with E-state index in [4.69, 9.17) is 10.5 Å². The highest BCUT2D eigenvalue weighted by molar-refractivity contribution is 5.92. The lowest BCUT2D eigenvalue weighted by molar-refractivity contribution is 0.0367. The maximum atomic E-state index is 11.5. The second-order valence-electron chi connectivity index (χ2n) is 7.99. The van der Waals surface area contributed by atoms with Crippen LogP contribution in [0.2, 0.25) is 0 Å². The molecule has 4 heterocycles. The number of ether oxygens (including phenoxy) is 1. The molecule has 1 saturated heterocycles. The zero-order valence-corrected chi connectivity index (χ0v) is 18.0. The number of benzene rings is 1. The molecule has 8 heteroatoms. The van der Waals surface area contributed by atoms with Crippen molar-refractivity contribution in [2.24, 2.45) is 12.8 Å². The van der Waals surface area contributed by atoms with Crippen LogP contribution in [0.25, 0.3) is 22.0 Å². The first-order valence-corrected chi connectivity index (χ1v) is 10.5. The zero-order valence-electron chi connectivity index (χ0n) is 18.0. The Labute approximate surface area is 185 Å². The average molecular weight is 428 g/mol. The topological polar surface area (TPSA) is 99.2 Å². The number of carbonyl (C=O) groups is 1. The lowest BCUT2D eigenvalue weighted by atomic mass is 10.1. The molecule has 5 rings (SSSR count). The third-order valence-electron chi connectivity index (χ3n) is 6.01. The van der Waals surface area contributed by atoms with Crippen LogP contribution in [-0.2, 0) is 11.8 Å². The van der Waals surface area contributed by atoms with Crippen molar-refractivity contribution in [3.05, 3.63) is 72.1 Å². The molecule has 4 aromatic rings. The predicted molar refractivity (Wildman–Crippen MR) is 122 cm³/mol. The molecule has 1 aromatic carbocycles. The molecule has 2 N–H and O–H groups in total. The summed E-state index contributed by atoms with van der Waals surface area (Å²) < 4.78 is 8.02. The van der Waals surface area contributed by atoms with Crippen LogP contribution in [0.1, 0.15) is 28.0 Å². The number of imidazole rings is 1. The van der Waals surface area contributed by atoms with Gasteiger partial charge in [0.25, 0.3) is 0 Å². The number of carbonyl (C=O) groups excluding carboxylic acids is 1. The molecule has 3 aromatic heterocycles. The summed E-state index contributed by atoms with van der Waals surface area (Å²) in [5.74, 6) is 1.39. The van der Waals surface area contributed by atoms with Crippen LogP contribution in [0.4, 0.5) is 5.82 Å². The van der Waals surface area contributed by atoms with Crippen LogP contribution in [0, 0.1) is 6.92 Å². The molecule has 1 amide bonds. The number of pyridine rings is 2. The molecule has 0 aliphatic carbocycles. The highest BCUT2D eigenvalue weighted by atomic mass is 16.5. The third kappa shape index (κ3) is 3.69. The first kappa shape index (κ1) is 20.1. The second kappa shape index (κ2) is 8.05. The number of fused-ring (bicyclic) bond motifs is 1. The van der Waals surface area contributed by atoms with E-state index >= 15 is 0 Å². The van der Waals surface area contributed by atoms with Crippen molar-refractivity contribution < 1.29 is 9.53 Å². The van der Waals surface area contributed by atoms with Crippen molar-refractivity contribution in [1.29, 1.82) is 0 Å². The summed E-state index contributed by atoms with van der Waals surface area (Å²) in [4.78, 5) is 27.2. The van der Waals surface area contributed by atoms with Gasteiger partial charge in [0, 0.05) is 42.5 Å². The molecule has 162 valence electrons. The van der Waals surface area contributed by atoms with Gasteiger partial charge in [-0.3, -0.25) is 9.78 Å². The Kier molecular flexibility index (Phi) is 5.07. The summed E-state index contributed by atoms with van der Waals surface area (Å²) in [7, 11) is 2.02. The minimum atomic E-state index is -0.475. The molecule has 1 unspecified atom stereocenters. The number of nitrogens with two attached hydrogens (primary N) is 1. The molecule has 32 heavy (non-hydrogen) atoms. The van der Waals surface area contributed by atoms with Crippen molar-refractivity contribution in [3.63, 3.8) is 0 Å². The van der Waals surface area contributed by atoms with Gasteiger partial charge in [-0.2, -0.15) is 0 Å². The fourth-order valence-electron chi connectivity index (χ4n) is 4.05. The molecule has 1 aliphatic rings. The lowest BCUT2D eigenvalue weighted by Crippen LogP contribution is -2.39. The fraction of sp³-hybridized carbons (Fsp3) is 0.250. The summed E-state index contributed by atoms with van der Waals surface area (Å²) in [6.45, 7) is 3.86. The Balaban J connectivity index is 1.44. The van der Waals surface area contributed by atoms with Crippen LogP contribution >= 0.6 is 0 Å². The van der Waals surface area contributed by atoms with Crippen molar-refractivity contribution in [2.45, 2.75) is 13.0 Å². The number of hydrogen-bond donors (Lipinski definition) is 1. The van der Waals surface area contributed by atoms with Crippen LogP contribution in [0.3, 0.4) is 0 Å². The largest absolute Gasteiger partial charge is 0.368 e. The van der Waals surface area contributed by atoms with Gasteiger partial charge in [-0.25, -0.2) is 9.97 Å². The molecular weight excluding hydrogens is 404 g/mol. The standard InChI is InChI=1S/C24H24N6O2/c1-15-27-13-21(29(15)2)16-3-4-18-12-28-23(11-19(18)9-16)30-7-8-32-22(14-30)20-10-17(24(25)31)5-6-26-20/h3-6,9-13,22H,7-8,14H2,1-2H3,(H2,25,31). The van der Waals surface area contributed by atoms with Gasteiger partial charge in [0.15, 0.2) is 0 Å². The Morgan fingerprint density at radius 3 is 2.75 bits per heavy atom. The normalized spacial score (nSPS) is 16.4. The Bertz CT molecular complexity index is 1320. The molecule has 0 spiro atoms. The summed E-state index contributed by atoms with van der Waals surface area (Å²) in [6.07, 6.45) is 5.13. The summed E-state index contributed by atoms with van der Waals surface area (Å²) >= 11 is 0. The molecule has 0 radical (unpaired) electrons. The van der Waals surface area contributed by atoms with Crippen LogP contribution in [-0.4, -0.2) is 45.1 Å². The van der Waals surface area contributed by atoms with E-state index in [2.05, 4.69) is 48.7 Å². The van der Waals surface area contributed by atoms with Gasteiger partial charge >= 0.3 is 0 Å². The second-order valence-corrected chi connectivity index (χ2v) is 7.99. The molecule has 1 atom stereocenters. The molecule has 0 bridgehead atoms. The number of aromatic nitrogens is 4. The molecule has 0 saturated carbocycles. The number of anilines is 1. The van der Waals surface area contributed by atoms with Gasteiger partial charge in [0.2, 0.25) is 5.91 Å². The highest BCUT2D eigenvalue weighted by Crippen LogP contribution is 2.29. The lowest BCUT2D eigenvalue weighted by Gasteiger charge is -2.33. The van der Waals surface area contributed by atoms with E-state index in [1.54, 1.807) is 18.3 Å². The number of morpholine rings is 1. The fourth-order valence-corrected chi connectivity index (χ4v) is 4.05. The quantitative estimate of drug-likeness (QED) is 0.536. The van der Waals surface area contributed by atoms with Gasteiger partial charge in [0.05, 0.1) is 30.7 Å². The Morgan fingerprint density at radius 2 is 1.97 bits per heavy atom. The first-order valence-electron chi connectivity index (χ1n) is 10.5. The predicted octanol–water partition coefficient (Wildman–Crippen LogP) is 3.02. The highest BCUT2D eigenvalue weighted by Gasteiger charge is 2.24. The summed E-state index contributed by atoms with van der Waals surface area (Å²) in [5.41, 5.74) is 8.73. The van der Waals surface area contributed by atoms with Gasteiger partial charge < -0.3 is 19.9 Å². The Hall–Kier alpha value is -3.78. The van der Waals surface area contributed by atoms with E-state index in [9.17, 15) is 4.79 Å². The van der Waals surface area contributed by atoms with E-state index in [-0.39, 0.29) is 6.10 Å².